The van der Waals surface area contributed by atoms with Gasteiger partial charge in [-0.1, -0.05) is 38.5 Å². The molecule has 0 aromatic carbocycles. The average molecular weight is 362 g/mol. The number of amides is 1. The van der Waals surface area contributed by atoms with Crippen LogP contribution in [0.25, 0.3) is 11.6 Å². The molecule has 4 atom stereocenters. The summed E-state index contributed by atoms with van der Waals surface area (Å²) in [7, 11) is 1.88. The van der Waals surface area contributed by atoms with E-state index in [-0.39, 0.29) is 17.2 Å². The number of thioether (sulfide) groups is 1. The maximum Gasteiger partial charge on any atom is 0.233 e. The standard InChI is InChI=1S/C18H26N4O2S/c1-11-7-5-8-14(12(11)2)19-17(23)13(3)25-18-21-20-16(22(18)4)15-9-6-10-24-15/h6,9-14H,5,7-8H2,1-4H3,(H,19,23)/t11-,12-,13-,14+/m0/s1. The van der Waals surface area contributed by atoms with Crippen molar-refractivity contribution in [1.29, 1.82) is 0 Å². The zero-order chi connectivity index (χ0) is 18.0. The lowest BCUT2D eigenvalue weighted by molar-refractivity contribution is -0.121. The number of hydrogen-bond acceptors (Lipinski definition) is 5. The molecular weight excluding hydrogens is 336 g/mol. The number of nitrogens with one attached hydrogen (secondary N) is 1. The smallest absolute Gasteiger partial charge is 0.233 e. The Morgan fingerprint density at radius 3 is 2.92 bits per heavy atom. The third-order valence-electron chi connectivity index (χ3n) is 5.26. The van der Waals surface area contributed by atoms with E-state index >= 15 is 0 Å². The van der Waals surface area contributed by atoms with Crippen LogP contribution in [0.4, 0.5) is 0 Å². The molecule has 2 heterocycles. The SMILES string of the molecule is C[C@H]1[C@@H](C)CCC[C@H]1NC(=O)[C@H](C)Sc1nnc(-c2ccco2)n1C. The van der Waals surface area contributed by atoms with E-state index in [2.05, 4.69) is 29.4 Å². The van der Waals surface area contributed by atoms with E-state index < -0.39 is 0 Å². The highest BCUT2D eigenvalue weighted by Gasteiger charge is 2.30. The van der Waals surface area contributed by atoms with Gasteiger partial charge in [-0.2, -0.15) is 0 Å². The molecule has 7 heteroatoms. The molecule has 2 aromatic rings. The average Bonchev–Trinajstić information content (AvgIpc) is 3.22. The van der Waals surface area contributed by atoms with Gasteiger partial charge in [-0.3, -0.25) is 4.79 Å². The lowest BCUT2D eigenvalue weighted by Gasteiger charge is -2.35. The summed E-state index contributed by atoms with van der Waals surface area (Å²) in [6.07, 6.45) is 5.13. The van der Waals surface area contributed by atoms with Gasteiger partial charge in [0.15, 0.2) is 16.7 Å². The summed E-state index contributed by atoms with van der Waals surface area (Å²) >= 11 is 1.42. The summed E-state index contributed by atoms with van der Waals surface area (Å²) in [6.45, 7) is 6.43. The number of carbonyl (C=O) groups excluding carboxylic acids is 1. The minimum absolute atomic E-state index is 0.0681. The minimum atomic E-state index is -0.225. The highest BCUT2D eigenvalue weighted by molar-refractivity contribution is 8.00. The van der Waals surface area contributed by atoms with Crippen molar-refractivity contribution in [3.63, 3.8) is 0 Å². The van der Waals surface area contributed by atoms with E-state index in [1.807, 2.05) is 30.7 Å². The quantitative estimate of drug-likeness (QED) is 0.824. The van der Waals surface area contributed by atoms with Gasteiger partial charge in [-0.05, 0) is 37.3 Å². The van der Waals surface area contributed by atoms with Gasteiger partial charge in [0.1, 0.15) is 0 Å². The van der Waals surface area contributed by atoms with E-state index in [4.69, 9.17) is 4.42 Å². The summed E-state index contributed by atoms with van der Waals surface area (Å²) in [5, 5.41) is 12.1. The molecule has 0 spiro atoms. The van der Waals surface area contributed by atoms with Gasteiger partial charge in [-0.15, -0.1) is 10.2 Å². The number of carbonyl (C=O) groups is 1. The third-order valence-corrected chi connectivity index (χ3v) is 6.40. The van der Waals surface area contributed by atoms with Gasteiger partial charge >= 0.3 is 0 Å². The Hall–Kier alpha value is -1.76. The Morgan fingerprint density at radius 1 is 1.40 bits per heavy atom. The second-order valence-electron chi connectivity index (χ2n) is 6.98. The molecule has 2 aromatic heterocycles. The molecular formula is C18H26N4O2S. The Bertz CT molecular complexity index is 713. The van der Waals surface area contributed by atoms with Crippen molar-refractivity contribution in [2.45, 2.75) is 56.5 Å². The molecule has 1 N–H and O–H groups in total. The topological polar surface area (TPSA) is 73.0 Å². The number of aromatic nitrogens is 3. The van der Waals surface area contributed by atoms with Crippen LogP contribution in [0.1, 0.15) is 40.0 Å². The van der Waals surface area contributed by atoms with Crippen LogP contribution in [-0.4, -0.2) is 32.0 Å². The van der Waals surface area contributed by atoms with Gasteiger partial charge in [0, 0.05) is 13.1 Å². The van der Waals surface area contributed by atoms with E-state index in [0.29, 0.717) is 28.6 Å². The fourth-order valence-corrected chi connectivity index (χ4v) is 4.16. The normalized spacial score (nSPS) is 24.9. The van der Waals surface area contributed by atoms with Crippen LogP contribution in [0, 0.1) is 11.8 Å². The summed E-state index contributed by atoms with van der Waals surface area (Å²) < 4.78 is 7.24. The van der Waals surface area contributed by atoms with Crippen LogP contribution in [-0.2, 0) is 11.8 Å². The number of furan rings is 1. The molecule has 0 unspecified atom stereocenters. The van der Waals surface area contributed by atoms with Crippen molar-refractivity contribution in [3.05, 3.63) is 18.4 Å². The van der Waals surface area contributed by atoms with Crippen LogP contribution >= 0.6 is 11.8 Å². The molecule has 136 valence electrons. The number of rotatable bonds is 5. The summed E-state index contributed by atoms with van der Waals surface area (Å²) in [6, 6.07) is 3.94. The highest BCUT2D eigenvalue weighted by atomic mass is 32.2. The second kappa shape index (κ2) is 7.64. The first-order valence-corrected chi connectivity index (χ1v) is 9.75. The van der Waals surface area contributed by atoms with Gasteiger partial charge in [0.25, 0.3) is 0 Å². The van der Waals surface area contributed by atoms with Crippen LogP contribution in [0.5, 0.6) is 0 Å². The molecule has 3 rings (SSSR count). The van der Waals surface area contributed by atoms with Crippen molar-refractivity contribution in [1.82, 2.24) is 20.1 Å². The first-order chi connectivity index (χ1) is 12.0. The zero-order valence-corrected chi connectivity index (χ0v) is 16.0. The predicted octanol–water partition coefficient (Wildman–Crippen LogP) is 3.50. The van der Waals surface area contributed by atoms with E-state index in [1.54, 1.807) is 6.26 Å². The van der Waals surface area contributed by atoms with Crippen molar-refractivity contribution in [2.24, 2.45) is 18.9 Å². The van der Waals surface area contributed by atoms with E-state index in [0.717, 1.165) is 6.42 Å². The molecule has 0 radical (unpaired) electrons. The van der Waals surface area contributed by atoms with Crippen LogP contribution < -0.4 is 5.32 Å². The molecule has 1 fully saturated rings. The maximum atomic E-state index is 12.6. The monoisotopic (exact) mass is 362 g/mol. The van der Waals surface area contributed by atoms with Crippen molar-refractivity contribution in [2.75, 3.05) is 0 Å². The first-order valence-electron chi connectivity index (χ1n) is 8.87. The van der Waals surface area contributed by atoms with Gasteiger partial charge in [0.05, 0.1) is 11.5 Å². The van der Waals surface area contributed by atoms with Crippen molar-refractivity contribution < 1.29 is 9.21 Å². The van der Waals surface area contributed by atoms with Crippen molar-refractivity contribution in [3.8, 4) is 11.6 Å². The fourth-order valence-electron chi connectivity index (χ4n) is 3.34. The fraction of sp³-hybridized carbons (Fsp3) is 0.611. The Labute approximate surface area is 152 Å². The van der Waals surface area contributed by atoms with Crippen molar-refractivity contribution >= 4 is 17.7 Å². The number of hydrogen-bond donors (Lipinski definition) is 1. The Morgan fingerprint density at radius 2 is 2.20 bits per heavy atom. The molecule has 1 amide bonds. The lowest BCUT2D eigenvalue weighted by Crippen LogP contribution is -2.46. The van der Waals surface area contributed by atoms with Crippen LogP contribution in [0.15, 0.2) is 28.0 Å². The van der Waals surface area contributed by atoms with Gasteiger partial charge in [-0.25, -0.2) is 0 Å². The van der Waals surface area contributed by atoms with E-state index in [1.165, 1.54) is 24.6 Å². The molecule has 1 aliphatic carbocycles. The first kappa shape index (κ1) is 18.0. The second-order valence-corrected chi connectivity index (χ2v) is 8.29. The zero-order valence-electron chi connectivity index (χ0n) is 15.2. The van der Waals surface area contributed by atoms with Gasteiger partial charge in [0.2, 0.25) is 5.91 Å². The molecule has 25 heavy (non-hydrogen) atoms. The van der Waals surface area contributed by atoms with Crippen LogP contribution in [0.2, 0.25) is 0 Å². The summed E-state index contributed by atoms with van der Waals surface area (Å²) in [5.41, 5.74) is 0. The molecule has 0 aliphatic heterocycles. The largest absolute Gasteiger partial charge is 0.461 e. The Balaban J connectivity index is 1.62. The summed E-state index contributed by atoms with van der Waals surface area (Å²) in [5.74, 6) is 2.59. The predicted molar refractivity (Wildman–Crippen MR) is 98.1 cm³/mol. The molecule has 1 aliphatic rings. The third kappa shape index (κ3) is 3.92. The van der Waals surface area contributed by atoms with Gasteiger partial charge < -0.3 is 14.3 Å². The number of nitrogens with zero attached hydrogens (tertiary/aromatic N) is 3. The molecule has 0 bridgehead atoms. The summed E-state index contributed by atoms with van der Waals surface area (Å²) in [4.78, 5) is 12.6. The molecule has 0 saturated heterocycles. The maximum absolute atomic E-state index is 12.6. The minimum Gasteiger partial charge on any atom is -0.461 e. The van der Waals surface area contributed by atoms with E-state index in [9.17, 15) is 4.79 Å². The molecule has 6 nitrogen and oxygen atoms in total. The highest BCUT2D eigenvalue weighted by Crippen LogP contribution is 2.30. The Kier molecular flexibility index (Phi) is 5.51. The lowest BCUT2D eigenvalue weighted by atomic mass is 9.78. The molecule has 1 saturated carbocycles. The van der Waals surface area contributed by atoms with Crippen LogP contribution in [0.3, 0.4) is 0 Å².